The molecule has 0 saturated heterocycles. The molecule has 0 aliphatic carbocycles. The van der Waals surface area contributed by atoms with Gasteiger partial charge in [0.05, 0.1) is 0 Å². The summed E-state index contributed by atoms with van der Waals surface area (Å²) < 4.78 is 12.6. The number of rotatable bonds is 1. The Labute approximate surface area is 69.2 Å². The summed E-state index contributed by atoms with van der Waals surface area (Å²) in [6, 6.07) is 2.04. The van der Waals surface area contributed by atoms with Crippen molar-refractivity contribution in [3.05, 3.63) is 23.5 Å². The fourth-order valence-electron chi connectivity index (χ4n) is 0.960. The third-order valence-corrected chi connectivity index (χ3v) is 1.61. The van der Waals surface area contributed by atoms with Crippen molar-refractivity contribution in [2.24, 2.45) is 0 Å². The van der Waals surface area contributed by atoms with Crippen molar-refractivity contribution in [1.29, 1.82) is 0 Å². The van der Waals surface area contributed by atoms with Crippen LogP contribution < -0.4 is 5.46 Å². The Balaban J connectivity index is 3.23. The van der Waals surface area contributed by atoms with E-state index in [0.29, 0.717) is 5.56 Å². The van der Waals surface area contributed by atoms with Crippen LogP contribution in [0.1, 0.15) is 5.56 Å². The molecular weight excluding hydrogens is 162 g/mol. The van der Waals surface area contributed by atoms with Crippen LogP contribution in [-0.2, 0) is 0 Å². The van der Waals surface area contributed by atoms with Crippen LogP contribution in [0.3, 0.4) is 0 Å². The highest BCUT2D eigenvalue weighted by molar-refractivity contribution is 6.59. The van der Waals surface area contributed by atoms with E-state index in [4.69, 9.17) is 15.2 Å². The van der Waals surface area contributed by atoms with Crippen molar-refractivity contribution in [2.75, 3.05) is 0 Å². The maximum absolute atomic E-state index is 12.6. The van der Waals surface area contributed by atoms with Crippen LogP contribution in [0.4, 0.5) is 4.39 Å². The molecule has 3 nitrogen and oxygen atoms in total. The summed E-state index contributed by atoms with van der Waals surface area (Å²) in [5.41, 5.74) is 0.495. The summed E-state index contributed by atoms with van der Waals surface area (Å²) in [6.07, 6.45) is 0. The quantitative estimate of drug-likeness (QED) is 0.498. The summed E-state index contributed by atoms with van der Waals surface area (Å²) >= 11 is 0. The summed E-state index contributed by atoms with van der Waals surface area (Å²) in [7, 11) is -1.71. The molecule has 0 radical (unpaired) electrons. The fourth-order valence-corrected chi connectivity index (χ4v) is 0.960. The second kappa shape index (κ2) is 3.12. The predicted molar refractivity (Wildman–Crippen MR) is 42.6 cm³/mol. The van der Waals surface area contributed by atoms with Crippen molar-refractivity contribution in [3.8, 4) is 5.75 Å². The number of phenols is 1. The lowest BCUT2D eigenvalue weighted by Gasteiger charge is -2.05. The zero-order valence-corrected chi connectivity index (χ0v) is 6.45. The number of halogens is 1. The largest absolute Gasteiger partial charge is 0.505 e. The molecule has 0 aliphatic heterocycles. The van der Waals surface area contributed by atoms with Crippen LogP contribution in [0, 0.1) is 12.7 Å². The lowest BCUT2D eigenvalue weighted by atomic mass is 9.77. The van der Waals surface area contributed by atoms with E-state index in [-0.39, 0.29) is 5.46 Å². The monoisotopic (exact) mass is 170 g/mol. The van der Waals surface area contributed by atoms with Crippen LogP contribution in [-0.4, -0.2) is 22.3 Å². The van der Waals surface area contributed by atoms with Crippen molar-refractivity contribution in [1.82, 2.24) is 0 Å². The number of hydrogen-bond donors (Lipinski definition) is 3. The van der Waals surface area contributed by atoms with Gasteiger partial charge in [-0.05, 0) is 30.1 Å². The smallest absolute Gasteiger partial charge is 0.488 e. The summed E-state index contributed by atoms with van der Waals surface area (Å²) in [5, 5.41) is 26.3. The zero-order valence-electron chi connectivity index (χ0n) is 6.45. The molecule has 1 rings (SSSR count). The molecule has 1 aromatic rings. The minimum atomic E-state index is -1.71. The van der Waals surface area contributed by atoms with Gasteiger partial charge in [-0.2, -0.15) is 0 Å². The first-order valence-corrected chi connectivity index (χ1v) is 3.37. The lowest BCUT2D eigenvalue weighted by molar-refractivity contribution is 0.421. The summed E-state index contributed by atoms with van der Waals surface area (Å²) in [6.45, 7) is 1.55. The van der Waals surface area contributed by atoms with Crippen LogP contribution in [0.5, 0.6) is 5.75 Å². The Bertz CT molecular complexity index is 301. The van der Waals surface area contributed by atoms with E-state index in [9.17, 15) is 4.39 Å². The lowest BCUT2D eigenvalue weighted by Crippen LogP contribution is -2.32. The average molecular weight is 170 g/mol. The molecule has 0 amide bonds. The van der Waals surface area contributed by atoms with Gasteiger partial charge in [0.1, 0.15) is 0 Å². The minimum absolute atomic E-state index is 0.0605. The Kier molecular flexibility index (Phi) is 2.35. The topological polar surface area (TPSA) is 60.7 Å². The van der Waals surface area contributed by atoms with Gasteiger partial charge in [-0.25, -0.2) is 4.39 Å². The zero-order chi connectivity index (χ0) is 9.30. The van der Waals surface area contributed by atoms with E-state index in [1.807, 2.05) is 0 Å². The highest BCUT2D eigenvalue weighted by Crippen LogP contribution is 2.14. The van der Waals surface area contributed by atoms with Crippen molar-refractivity contribution in [3.63, 3.8) is 0 Å². The maximum atomic E-state index is 12.6. The number of aryl methyl sites for hydroxylation is 1. The molecule has 0 fully saturated rings. The van der Waals surface area contributed by atoms with Gasteiger partial charge in [0, 0.05) is 0 Å². The Morgan fingerprint density at radius 2 is 1.92 bits per heavy atom. The van der Waals surface area contributed by atoms with Crippen LogP contribution in [0.15, 0.2) is 12.1 Å². The van der Waals surface area contributed by atoms with Crippen molar-refractivity contribution < 1.29 is 19.5 Å². The second-order valence-electron chi connectivity index (χ2n) is 2.53. The number of phenolic OH excluding ortho intramolecular Hbond substituents is 1. The molecule has 0 atom stereocenters. The molecule has 5 heteroatoms. The van der Waals surface area contributed by atoms with Gasteiger partial charge in [0.25, 0.3) is 0 Å². The van der Waals surface area contributed by atoms with Gasteiger partial charge in [-0.1, -0.05) is 0 Å². The first-order chi connectivity index (χ1) is 5.52. The van der Waals surface area contributed by atoms with E-state index in [0.717, 1.165) is 12.1 Å². The van der Waals surface area contributed by atoms with Crippen molar-refractivity contribution >= 4 is 12.6 Å². The summed E-state index contributed by atoms with van der Waals surface area (Å²) in [5.74, 6) is -1.35. The molecule has 0 heterocycles. The van der Waals surface area contributed by atoms with Gasteiger partial charge in [-0.3, -0.25) is 0 Å². The Morgan fingerprint density at radius 3 is 2.42 bits per heavy atom. The average Bonchev–Trinajstić information content (AvgIpc) is 1.96. The minimum Gasteiger partial charge on any atom is -0.505 e. The molecule has 1 aromatic carbocycles. The SMILES string of the molecule is Cc1cc(O)c(F)cc1B(O)O. The second-order valence-corrected chi connectivity index (χ2v) is 2.53. The molecule has 0 saturated carbocycles. The molecule has 0 unspecified atom stereocenters. The highest BCUT2D eigenvalue weighted by atomic mass is 19.1. The third kappa shape index (κ3) is 1.57. The summed E-state index contributed by atoms with van der Waals surface area (Å²) in [4.78, 5) is 0. The fraction of sp³-hybridized carbons (Fsp3) is 0.143. The van der Waals surface area contributed by atoms with E-state index < -0.39 is 18.7 Å². The molecule has 0 aliphatic rings. The Morgan fingerprint density at radius 1 is 1.33 bits per heavy atom. The van der Waals surface area contributed by atoms with Gasteiger partial charge < -0.3 is 15.2 Å². The van der Waals surface area contributed by atoms with E-state index in [2.05, 4.69) is 0 Å². The standard InChI is InChI=1S/C7H8BFO3/c1-4-2-7(10)6(9)3-5(4)8(11)12/h2-3,10-12H,1H3. The van der Waals surface area contributed by atoms with Gasteiger partial charge in [0.2, 0.25) is 0 Å². The van der Waals surface area contributed by atoms with Crippen LogP contribution in [0.25, 0.3) is 0 Å². The molecule has 0 aromatic heterocycles. The third-order valence-electron chi connectivity index (χ3n) is 1.61. The number of benzene rings is 1. The van der Waals surface area contributed by atoms with Crippen LogP contribution >= 0.6 is 0 Å². The van der Waals surface area contributed by atoms with Gasteiger partial charge in [0.15, 0.2) is 11.6 Å². The molecule has 3 N–H and O–H groups in total. The van der Waals surface area contributed by atoms with Crippen molar-refractivity contribution in [2.45, 2.75) is 6.92 Å². The number of aromatic hydroxyl groups is 1. The molecule has 0 bridgehead atoms. The van der Waals surface area contributed by atoms with Gasteiger partial charge >= 0.3 is 7.12 Å². The molecule has 0 spiro atoms. The normalized spacial score (nSPS) is 10.0. The van der Waals surface area contributed by atoms with Crippen LogP contribution in [0.2, 0.25) is 0 Å². The van der Waals surface area contributed by atoms with E-state index in [1.54, 1.807) is 6.92 Å². The number of hydrogen-bond acceptors (Lipinski definition) is 3. The van der Waals surface area contributed by atoms with E-state index >= 15 is 0 Å². The predicted octanol–water partition coefficient (Wildman–Crippen LogP) is -0.480. The molecule has 64 valence electrons. The maximum Gasteiger partial charge on any atom is 0.488 e. The van der Waals surface area contributed by atoms with E-state index in [1.165, 1.54) is 0 Å². The Hall–Kier alpha value is -1.07. The molecular formula is C7H8BFO3. The highest BCUT2D eigenvalue weighted by Gasteiger charge is 2.16. The first-order valence-electron chi connectivity index (χ1n) is 3.37. The van der Waals surface area contributed by atoms with Gasteiger partial charge in [-0.15, -0.1) is 0 Å². The molecule has 12 heavy (non-hydrogen) atoms. The first kappa shape index (κ1) is 9.03.